The van der Waals surface area contributed by atoms with Gasteiger partial charge in [0.1, 0.15) is 6.04 Å². The normalized spacial score (nSPS) is 21.5. The Morgan fingerprint density at radius 2 is 2.29 bits per heavy atom. The van der Waals surface area contributed by atoms with E-state index in [0.29, 0.717) is 17.5 Å². The second-order valence-electron chi connectivity index (χ2n) is 3.56. The molecule has 0 saturated carbocycles. The number of nitrogens with zero attached hydrogens (tertiary/aromatic N) is 1. The van der Waals surface area contributed by atoms with Crippen LogP contribution in [0.4, 0.5) is 0 Å². The van der Waals surface area contributed by atoms with Crippen molar-refractivity contribution >= 4 is 39.4 Å². The number of guanidine groups is 1. The summed E-state index contributed by atoms with van der Waals surface area (Å²) in [7, 11) is 0. The highest BCUT2D eigenvalue weighted by Gasteiger charge is 2.29. The van der Waals surface area contributed by atoms with Crippen LogP contribution in [0.2, 0.25) is 5.02 Å². The highest BCUT2D eigenvalue weighted by atomic mass is 79.9. The monoisotopic (exact) mass is 315 g/mol. The molecule has 0 aliphatic carbocycles. The number of carbonyl (C=O) groups is 1. The van der Waals surface area contributed by atoms with E-state index in [-0.39, 0.29) is 5.91 Å². The molecule has 0 aromatic heterocycles. The standard InChI is InChI=1S/C11H11BrClN3O/c1-2-14-11-15-9(10(17)16-11)6-3-4-7(12)8(13)5-6/h3-5,9H,2H2,1H3,(H2,14,15,16,17). The lowest BCUT2D eigenvalue weighted by Gasteiger charge is -2.09. The number of hydrogen-bond acceptors (Lipinski definition) is 2. The first-order valence-corrected chi connectivity index (χ1v) is 6.35. The second kappa shape index (κ2) is 5.06. The summed E-state index contributed by atoms with van der Waals surface area (Å²) >= 11 is 9.31. The predicted molar refractivity (Wildman–Crippen MR) is 71.1 cm³/mol. The molecule has 1 saturated heterocycles. The Bertz CT molecular complexity index is 490. The van der Waals surface area contributed by atoms with Crippen molar-refractivity contribution in [2.24, 2.45) is 4.99 Å². The number of halogens is 2. The van der Waals surface area contributed by atoms with Crippen LogP contribution in [0.1, 0.15) is 18.5 Å². The number of hydrogen-bond donors (Lipinski definition) is 2. The van der Waals surface area contributed by atoms with Gasteiger partial charge in [-0.2, -0.15) is 0 Å². The van der Waals surface area contributed by atoms with Gasteiger partial charge >= 0.3 is 0 Å². The van der Waals surface area contributed by atoms with E-state index < -0.39 is 6.04 Å². The van der Waals surface area contributed by atoms with E-state index in [4.69, 9.17) is 11.6 Å². The average Bonchev–Trinajstić information content (AvgIpc) is 2.64. The van der Waals surface area contributed by atoms with Gasteiger partial charge in [0.05, 0.1) is 5.02 Å². The summed E-state index contributed by atoms with van der Waals surface area (Å²) in [6.45, 7) is 2.53. The smallest absolute Gasteiger partial charge is 0.253 e. The summed E-state index contributed by atoms with van der Waals surface area (Å²) in [5.41, 5.74) is 0.817. The summed E-state index contributed by atoms with van der Waals surface area (Å²) in [6, 6.07) is 5.01. The van der Waals surface area contributed by atoms with Crippen LogP contribution in [-0.4, -0.2) is 18.4 Å². The molecule has 1 amide bonds. The highest BCUT2D eigenvalue weighted by molar-refractivity contribution is 9.10. The third-order valence-electron chi connectivity index (χ3n) is 2.38. The van der Waals surface area contributed by atoms with Gasteiger partial charge in [0.25, 0.3) is 5.91 Å². The van der Waals surface area contributed by atoms with Gasteiger partial charge in [0.15, 0.2) is 5.96 Å². The topological polar surface area (TPSA) is 53.5 Å². The van der Waals surface area contributed by atoms with Crippen molar-refractivity contribution in [3.8, 4) is 0 Å². The third-order valence-corrected chi connectivity index (χ3v) is 3.61. The van der Waals surface area contributed by atoms with Crippen molar-refractivity contribution in [1.82, 2.24) is 10.6 Å². The molecule has 0 spiro atoms. The molecule has 90 valence electrons. The molecule has 0 bridgehead atoms. The molecule has 4 nitrogen and oxygen atoms in total. The Morgan fingerprint density at radius 1 is 1.53 bits per heavy atom. The summed E-state index contributed by atoms with van der Waals surface area (Å²) in [5.74, 6) is 0.400. The van der Waals surface area contributed by atoms with Crippen LogP contribution in [-0.2, 0) is 4.79 Å². The Labute approximate surface area is 113 Å². The molecule has 1 unspecified atom stereocenters. The Kier molecular flexibility index (Phi) is 3.69. The number of benzene rings is 1. The van der Waals surface area contributed by atoms with Gasteiger partial charge in [-0.25, -0.2) is 0 Å². The van der Waals surface area contributed by atoms with Crippen molar-refractivity contribution in [2.75, 3.05) is 6.54 Å². The fraction of sp³-hybridized carbons (Fsp3) is 0.273. The maximum absolute atomic E-state index is 11.7. The fourth-order valence-corrected chi connectivity index (χ4v) is 2.03. The van der Waals surface area contributed by atoms with Crippen LogP contribution in [0.25, 0.3) is 0 Å². The van der Waals surface area contributed by atoms with Crippen LogP contribution < -0.4 is 10.6 Å². The molecule has 2 rings (SSSR count). The second-order valence-corrected chi connectivity index (χ2v) is 4.82. The SMILES string of the molecule is CCN=C1NC(=O)C(c2ccc(Br)c(Cl)c2)N1. The molecule has 2 N–H and O–H groups in total. The summed E-state index contributed by atoms with van der Waals surface area (Å²) < 4.78 is 0.809. The van der Waals surface area contributed by atoms with E-state index in [1.54, 1.807) is 6.07 Å². The molecular weight excluding hydrogens is 305 g/mol. The van der Waals surface area contributed by atoms with Gasteiger partial charge in [-0.3, -0.25) is 15.1 Å². The number of aliphatic imine (C=N–C) groups is 1. The number of amides is 1. The molecule has 1 aliphatic heterocycles. The first-order valence-electron chi connectivity index (χ1n) is 5.18. The molecule has 1 heterocycles. The zero-order valence-corrected chi connectivity index (χ0v) is 11.5. The minimum absolute atomic E-state index is 0.115. The Morgan fingerprint density at radius 3 is 2.94 bits per heavy atom. The maximum Gasteiger partial charge on any atom is 0.253 e. The van der Waals surface area contributed by atoms with Crippen molar-refractivity contribution in [3.05, 3.63) is 33.3 Å². The van der Waals surface area contributed by atoms with E-state index in [9.17, 15) is 4.79 Å². The third kappa shape index (κ3) is 2.61. The average molecular weight is 317 g/mol. The molecule has 1 aromatic rings. The fourth-order valence-electron chi connectivity index (χ4n) is 1.60. The summed E-state index contributed by atoms with van der Waals surface area (Å²) in [5, 5.41) is 6.28. The first kappa shape index (κ1) is 12.4. The van der Waals surface area contributed by atoms with Gasteiger partial charge in [0.2, 0.25) is 0 Å². The number of carbonyl (C=O) groups excluding carboxylic acids is 1. The van der Waals surface area contributed by atoms with E-state index in [1.807, 2.05) is 19.1 Å². The minimum atomic E-state index is -0.425. The van der Waals surface area contributed by atoms with E-state index in [2.05, 4.69) is 31.6 Å². The number of nitrogens with one attached hydrogen (secondary N) is 2. The van der Waals surface area contributed by atoms with Crippen LogP contribution in [0.5, 0.6) is 0 Å². The summed E-state index contributed by atoms with van der Waals surface area (Å²) in [6.07, 6.45) is 0. The minimum Gasteiger partial charge on any atom is -0.340 e. The quantitative estimate of drug-likeness (QED) is 0.879. The van der Waals surface area contributed by atoms with Crippen LogP contribution in [0.15, 0.2) is 27.7 Å². The molecular formula is C11H11BrClN3O. The lowest BCUT2D eigenvalue weighted by Crippen LogP contribution is -2.25. The van der Waals surface area contributed by atoms with E-state index >= 15 is 0 Å². The van der Waals surface area contributed by atoms with Gasteiger partial charge in [-0.05, 0) is 40.5 Å². The number of rotatable bonds is 2. The van der Waals surface area contributed by atoms with Gasteiger partial charge < -0.3 is 5.32 Å². The van der Waals surface area contributed by atoms with Crippen LogP contribution >= 0.6 is 27.5 Å². The lowest BCUT2D eigenvalue weighted by molar-refractivity contribution is -0.120. The first-order chi connectivity index (χ1) is 8.11. The highest BCUT2D eigenvalue weighted by Crippen LogP contribution is 2.27. The van der Waals surface area contributed by atoms with Crippen molar-refractivity contribution < 1.29 is 4.79 Å². The zero-order valence-electron chi connectivity index (χ0n) is 9.13. The molecule has 17 heavy (non-hydrogen) atoms. The molecule has 1 aromatic carbocycles. The molecule has 0 radical (unpaired) electrons. The summed E-state index contributed by atoms with van der Waals surface area (Å²) in [4.78, 5) is 15.9. The largest absolute Gasteiger partial charge is 0.340 e. The molecule has 1 atom stereocenters. The van der Waals surface area contributed by atoms with Crippen LogP contribution in [0, 0.1) is 0 Å². The zero-order chi connectivity index (χ0) is 12.4. The van der Waals surface area contributed by atoms with Crippen molar-refractivity contribution in [1.29, 1.82) is 0 Å². The van der Waals surface area contributed by atoms with Crippen molar-refractivity contribution in [3.63, 3.8) is 0 Å². The van der Waals surface area contributed by atoms with Crippen molar-refractivity contribution in [2.45, 2.75) is 13.0 Å². The Balaban J connectivity index is 2.26. The van der Waals surface area contributed by atoms with Gasteiger partial charge in [0, 0.05) is 11.0 Å². The van der Waals surface area contributed by atoms with Crippen LogP contribution in [0.3, 0.4) is 0 Å². The molecule has 1 fully saturated rings. The molecule has 6 heteroatoms. The van der Waals surface area contributed by atoms with Gasteiger partial charge in [-0.15, -0.1) is 0 Å². The maximum atomic E-state index is 11.7. The van der Waals surface area contributed by atoms with E-state index in [0.717, 1.165) is 10.0 Å². The molecule has 1 aliphatic rings. The Hall–Kier alpha value is -1.07. The van der Waals surface area contributed by atoms with Gasteiger partial charge in [-0.1, -0.05) is 17.7 Å². The lowest BCUT2D eigenvalue weighted by atomic mass is 10.1. The predicted octanol–water partition coefficient (Wildman–Crippen LogP) is 2.24. The van der Waals surface area contributed by atoms with E-state index in [1.165, 1.54) is 0 Å².